The Hall–Kier alpha value is -2.03. The fraction of sp³-hybridized carbons (Fsp3) is 0.333. The van der Waals surface area contributed by atoms with Gasteiger partial charge in [0.1, 0.15) is 28.3 Å². The Bertz CT molecular complexity index is 726. The lowest BCUT2D eigenvalue weighted by Crippen LogP contribution is -2.26. The van der Waals surface area contributed by atoms with Gasteiger partial charge in [0, 0.05) is 12.6 Å². The Morgan fingerprint density at radius 1 is 1.26 bits per heavy atom. The van der Waals surface area contributed by atoms with Crippen LogP contribution in [0.4, 0.5) is 0 Å². The molecule has 0 fully saturated rings. The maximum absolute atomic E-state index is 12.4. The van der Waals surface area contributed by atoms with Crippen LogP contribution in [-0.4, -0.2) is 34.3 Å². The number of rotatable bonds is 8. The monoisotopic (exact) mass is 341 g/mol. The van der Waals surface area contributed by atoms with Gasteiger partial charge in [-0.2, -0.15) is 0 Å². The summed E-state index contributed by atoms with van der Waals surface area (Å²) < 4.78 is 42.4. The standard InChI is InChI=1S/C15H19NO6S/c1-20-11-5-6-14(21-2)15(10-11)23(18,19)16-8-7-12(17)13-4-3-9-22-13/h3-6,9-10,12,16-17H,7-8H2,1-2H3. The van der Waals surface area contributed by atoms with Gasteiger partial charge in [-0.1, -0.05) is 0 Å². The molecule has 0 aliphatic rings. The van der Waals surface area contributed by atoms with E-state index < -0.39 is 16.1 Å². The van der Waals surface area contributed by atoms with Crippen molar-refractivity contribution in [2.75, 3.05) is 20.8 Å². The molecular formula is C15H19NO6S. The van der Waals surface area contributed by atoms with Crippen LogP contribution in [0.2, 0.25) is 0 Å². The van der Waals surface area contributed by atoms with Crippen LogP contribution in [0, 0.1) is 0 Å². The minimum atomic E-state index is -3.80. The molecule has 1 unspecified atom stereocenters. The third-order valence-electron chi connectivity index (χ3n) is 3.24. The molecule has 7 nitrogen and oxygen atoms in total. The summed E-state index contributed by atoms with van der Waals surface area (Å²) in [5.74, 6) is 1.01. The zero-order chi connectivity index (χ0) is 16.9. The molecule has 126 valence electrons. The molecule has 1 aromatic carbocycles. The number of sulfonamides is 1. The highest BCUT2D eigenvalue weighted by atomic mass is 32.2. The van der Waals surface area contributed by atoms with Crippen molar-refractivity contribution in [3.8, 4) is 11.5 Å². The van der Waals surface area contributed by atoms with E-state index in [0.717, 1.165) is 0 Å². The number of benzene rings is 1. The van der Waals surface area contributed by atoms with Gasteiger partial charge < -0.3 is 19.0 Å². The zero-order valence-corrected chi connectivity index (χ0v) is 13.7. The van der Waals surface area contributed by atoms with E-state index in [1.807, 2.05) is 0 Å². The molecule has 0 radical (unpaired) electrons. The molecule has 23 heavy (non-hydrogen) atoms. The summed E-state index contributed by atoms with van der Waals surface area (Å²) in [5.41, 5.74) is 0. The average Bonchev–Trinajstić information content (AvgIpc) is 3.08. The highest BCUT2D eigenvalue weighted by molar-refractivity contribution is 7.89. The second kappa shape index (κ2) is 7.49. The number of hydrogen-bond acceptors (Lipinski definition) is 6. The summed E-state index contributed by atoms with van der Waals surface area (Å²) in [4.78, 5) is -0.0214. The van der Waals surface area contributed by atoms with Crippen molar-refractivity contribution < 1.29 is 27.4 Å². The molecule has 1 heterocycles. The summed E-state index contributed by atoms with van der Waals surface area (Å²) >= 11 is 0. The molecule has 0 aliphatic carbocycles. The van der Waals surface area contributed by atoms with Gasteiger partial charge in [0.25, 0.3) is 0 Å². The smallest absolute Gasteiger partial charge is 0.244 e. The Balaban J connectivity index is 2.07. The predicted molar refractivity (Wildman–Crippen MR) is 83.0 cm³/mol. The molecular weight excluding hydrogens is 322 g/mol. The van der Waals surface area contributed by atoms with E-state index in [1.165, 1.54) is 32.6 Å². The molecule has 0 saturated heterocycles. The Morgan fingerprint density at radius 2 is 2.04 bits per heavy atom. The average molecular weight is 341 g/mol. The number of hydrogen-bond donors (Lipinski definition) is 2. The van der Waals surface area contributed by atoms with Crippen molar-refractivity contribution in [3.63, 3.8) is 0 Å². The van der Waals surface area contributed by atoms with E-state index in [4.69, 9.17) is 13.9 Å². The maximum Gasteiger partial charge on any atom is 0.244 e. The molecule has 0 bridgehead atoms. The molecule has 0 spiro atoms. The first kappa shape index (κ1) is 17.3. The first-order chi connectivity index (χ1) is 11.0. The van der Waals surface area contributed by atoms with Crippen LogP contribution >= 0.6 is 0 Å². The summed E-state index contributed by atoms with van der Waals surface area (Å²) in [5, 5.41) is 9.89. The summed E-state index contributed by atoms with van der Waals surface area (Å²) in [6.07, 6.45) is 0.753. The Morgan fingerprint density at radius 3 is 2.65 bits per heavy atom. The largest absolute Gasteiger partial charge is 0.497 e. The van der Waals surface area contributed by atoms with Crippen molar-refractivity contribution in [2.45, 2.75) is 17.4 Å². The van der Waals surface area contributed by atoms with Crippen LogP contribution in [-0.2, 0) is 10.0 Å². The van der Waals surface area contributed by atoms with Gasteiger partial charge in [0.15, 0.2) is 0 Å². The molecule has 2 N–H and O–H groups in total. The lowest BCUT2D eigenvalue weighted by molar-refractivity contribution is 0.141. The van der Waals surface area contributed by atoms with Gasteiger partial charge in [0.2, 0.25) is 10.0 Å². The van der Waals surface area contributed by atoms with Crippen LogP contribution in [0.5, 0.6) is 11.5 Å². The van der Waals surface area contributed by atoms with Crippen molar-refractivity contribution in [1.82, 2.24) is 4.72 Å². The Labute approximate surface area is 134 Å². The highest BCUT2D eigenvalue weighted by Crippen LogP contribution is 2.28. The lowest BCUT2D eigenvalue weighted by Gasteiger charge is -2.13. The number of aliphatic hydroxyl groups excluding tert-OH is 1. The lowest BCUT2D eigenvalue weighted by atomic mass is 10.2. The third kappa shape index (κ3) is 4.25. The van der Waals surface area contributed by atoms with Gasteiger partial charge in [-0.15, -0.1) is 0 Å². The minimum absolute atomic E-state index is 0.0214. The molecule has 2 rings (SSSR count). The maximum atomic E-state index is 12.4. The number of aliphatic hydroxyl groups is 1. The van der Waals surface area contributed by atoms with Crippen LogP contribution in [0.1, 0.15) is 18.3 Å². The normalized spacial score (nSPS) is 12.8. The van der Waals surface area contributed by atoms with Crippen molar-refractivity contribution in [1.29, 1.82) is 0 Å². The quantitative estimate of drug-likeness (QED) is 0.758. The summed E-state index contributed by atoms with van der Waals surface area (Å²) in [6.45, 7) is 0.0462. The van der Waals surface area contributed by atoms with Crippen molar-refractivity contribution in [2.24, 2.45) is 0 Å². The molecule has 0 aliphatic heterocycles. The molecule has 2 aromatic rings. The Kier molecular flexibility index (Phi) is 5.64. The zero-order valence-electron chi connectivity index (χ0n) is 12.9. The third-order valence-corrected chi connectivity index (χ3v) is 4.72. The molecule has 1 aromatic heterocycles. The number of furan rings is 1. The second-order valence-electron chi connectivity index (χ2n) is 4.73. The van der Waals surface area contributed by atoms with Gasteiger partial charge >= 0.3 is 0 Å². The predicted octanol–water partition coefficient (Wildman–Crippen LogP) is 1.70. The van der Waals surface area contributed by atoms with Crippen LogP contribution < -0.4 is 14.2 Å². The van der Waals surface area contributed by atoms with Gasteiger partial charge in [0.05, 0.1) is 20.5 Å². The van der Waals surface area contributed by atoms with Crippen molar-refractivity contribution >= 4 is 10.0 Å². The molecule has 0 amide bonds. The van der Waals surface area contributed by atoms with Crippen molar-refractivity contribution in [3.05, 3.63) is 42.4 Å². The van der Waals surface area contributed by atoms with Crippen LogP contribution in [0.25, 0.3) is 0 Å². The van der Waals surface area contributed by atoms with E-state index in [-0.39, 0.29) is 23.6 Å². The van der Waals surface area contributed by atoms with Gasteiger partial charge in [-0.3, -0.25) is 0 Å². The van der Waals surface area contributed by atoms with Gasteiger partial charge in [-0.25, -0.2) is 13.1 Å². The minimum Gasteiger partial charge on any atom is -0.497 e. The van der Waals surface area contributed by atoms with E-state index in [2.05, 4.69) is 4.72 Å². The number of ether oxygens (including phenoxy) is 2. The summed E-state index contributed by atoms with van der Waals surface area (Å²) in [6, 6.07) is 7.79. The number of nitrogens with one attached hydrogen (secondary N) is 1. The molecule has 1 atom stereocenters. The van der Waals surface area contributed by atoms with Crippen LogP contribution in [0.15, 0.2) is 45.9 Å². The van der Waals surface area contributed by atoms with E-state index in [1.54, 1.807) is 18.2 Å². The first-order valence-corrected chi connectivity index (χ1v) is 8.39. The number of methoxy groups -OCH3 is 2. The highest BCUT2D eigenvalue weighted by Gasteiger charge is 2.21. The fourth-order valence-electron chi connectivity index (χ4n) is 2.02. The van der Waals surface area contributed by atoms with Crippen LogP contribution in [0.3, 0.4) is 0 Å². The second-order valence-corrected chi connectivity index (χ2v) is 6.47. The topological polar surface area (TPSA) is 98.0 Å². The van der Waals surface area contributed by atoms with E-state index in [9.17, 15) is 13.5 Å². The molecule has 0 saturated carbocycles. The van der Waals surface area contributed by atoms with Gasteiger partial charge in [-0.05, 0) is 30.7 Å². The first-order valence-electron chi connectivity index (χ1n) is 6.91. The SMILES string of the molecule is COc1ccc(OC)c(S(=O)(=O)NCCC(O)c2ccco2)c1. The van der Waals surface area contributed by atoms with E-state index >= 15 is 0 Å². The summed E-state index contributed by atoms with van der Waals surface area (Å²) in [7, 11) is -0.957. The molecule has 8 heteroatoms. The van der Waals surface area contributed by atoms with E-state index in [0.29, 0.717) is 11.5 Å². The fourth-order valence-corrected chi connectivity index (χ4v) is 3.25.